The lowest BCUT2D eigenvalue weighted by Gasteiger charge is -2.01. The van der Waals surface area contributed by atoms with Crippen LogP contribution < -0.4 is 11.5 Å². The Morgan fingerprint density at radius 2 is 1.28 bits per heavy atom. The summed E-state index contributed by atoms with van der Waals surface area (Å²) >= 11 is 0. The van der Waals surface area contributed by atoms with Gasteiger partial charge in [0.15, 0.2) is 0 Å². The van der Waals surface area contributed by atoms with Gasteiger partial charge in [0.25, 0.3) is 0 Å². The van der Waals surface area contributed by atoms with E-state index in [2.05, 4.69) is 0 Å². The first kappa shape index (κ1) is 18.6. The minimum Gasteiger partial charge on any atom is -0.481 e. The van der Waals surface area contributed by atoms with Gasteiger partial charge in [-0.1, -0.05) is 0 Å². The first-order chi connectivity index (χ1) is 8.22. The Morgan fingerprint density at radius 1 is 0.889 bits per heavy atom. The van der Waals surface area contributed by atoms with Gasteiger partial charge in [-0.2, -0.15) is 0 Å². The molecule has 0 aromatic rings. The second-order valence-electron chi connectivity index (χ2n) is 3.33. The van der Waals surface area contributed by atoms with Crippen molar-refractivity contribution in [3.8, 4) is 0 Å². The minimum atomic E-state index is -1.17. The van der Waals surface area contributed by atoms with Gasteiger partial charge in [0.1, 0.15) is 12.1 Å². The molecule has 0 bridgehead atoms. The number of aliphatic carboxylic acids is 3. The molecule has 0 aromatic heterocycles. The molecule has 18 heavy (non-hydrogen) atoms. The number of nitrogens with two attached hydrogens (primary N) is 2. The van der Waals surface area contributed by atoms with Crippen LogP contribution in [0.2, 0.25) is 0 Å². The van der Waals surface area contributed by atoms with E-state index in [9.17, 15) is 14.4 Å². The van der Waals surface area contributed by atoms with Gasteiger partial charge in [-0.25, -0.2) is 0 Å². The monoisotopic (exact) mass is 266 g/mol. The maximum Gasteiger partial charge on any atom is 0.320 e. The van der Waals surface area contributed by atoms with Crippen LogP contribution in [0.25, 0.3) is 0 Å². The van der Waals surface area contributed by atoms with E-state index in [4.69, 9.17) is 31.9 Å². The Labute approximate surface area is 103 Å². The predicted molar refractivity (Wildman–Crippen MR) is 59.8 cm³/mol. The van der Waals surface area contributed by atoms with E-state index in [0.29, 0.717) is 0 Å². The maximum atomic E-state index is 9.99. The third-order valence-electron chi connectivity index (χ3n) is 1.74. The minimum absolute atomic E-state index is 0.0231. The van der Waals surface area contributed by atoms with E-state index in [0.717, 1.165) is 0 Å². The number of aliphatic hydroxyl groups excluding tert-OH is 1. The highest BCUT2D eigenvalue weighted by molar-refractivity contribution is 5.74. The van der Waals surface area contributed by atoms with Crippen LogP contribution in [-0.2, 0) is 14.4 Å². The normalized spacial score (nSPS) is 12.8. The zero-order valence-corrected chi connectivity index (χ0v) is 9.65. The number of hydrogen-bond donors (Lipinski definition) is 6. The van der Waals surface area contributed by atoms with E-state index in [1.807, 2.05) is 0 Å². The number of carbonyl (C=O) groups is 3. The number of hydrogen-bond acceptors (Lipinski definition) is 6. The second kappa shape index (κ2) is 10.4. The molecule has 0 rings (SSSR count). The smallest absolute Gasteiger partial charge is 0.320 e. The number of carboxylic acids is 3. The SMILES string of the molecule is NC(CCC(=O)O)C(=O)O.NC(CCO)C(=O)O. The summed E-state index contributed by atoms with van der Waals surface area (Å²) in [5, 5.41) is 32.5. The van der Waals surface area contributed by atoms with Crippen molar-refractivity contribution in [3.63, 3.8) is 0 Å². The predicted octanol–water partition coefficient (Wildman–Crippen LogP) is -1.96. The average molecular weight is 266 g/mol. The topological polar surface area (TPSA) is 184 Å². The Kier molecular flexibility index (Phi) is 10.8. The number of rotatable bonds is 7. The van der Waals surface area contributed by atoms with Crippen LogP contribution in [0, 0.1) is 0 Å². The van der Waals surface area contributed by atoms with Gasteiger partial charge < -0.3 is 31.9 Å². The summed E-state index contributed by atoms with van der Waals surface area (Å²) in [6.07, 6.45) is -0.104. The summed E-state index contributed by atoms with van der Waals surface area (Å²) in [7, 11) is 0. The van der Waals surface area contributed by atoms with Crippen molar-refractivity contribution >= 4 is 17.9 Å². The summed E-state index contributed by atoms with van der Waals surface area (Å²) in [6, 6.07) is -1.98. The van der Waals surface area contributed by atoms with Gasteiger partial charge in [0, 0.05) is 13.0 Å². The summed E-state index contributed by atoms with van der Waals surface area (Å²) in [5.41, 5.74) is 9.97. The molecule has 2 atom stereocenters. The lowest BCUT2D eigenvalue weighted by molar-refractivity contribution is -0.140. The van der Waals surface area contributed by atoms with Gasteiger partial charge in [-0.05, 0) is 12.8 Å². The third-order valence-corrected chi connectivity index (χ3v) is 1.74. The molecular weight excluding hydrogens is 248 g/mol. The zero-order chi connectivity index (χ0) is 14.7. The van der Waals surface area contributed by atoms with Gasteiger partial charge in [-0.15, -0.1) is 0 Å². The molecule has 0 aliphatic carbocycles. The van der Waals surface area contributed by atoms with Crippen molar-refractivity contribution in [1.82, 2.24) is 0 Å². The van der Waals surface area contributed by atoms with E-state index >= 15 is 0 Å². The maximum absolute atomic E-state index is 9.99. The Balaban J connectivity index is 0. The van der Waals surface area contributed by atoms with Gasteiger partial charge >= 0.3 is 17.9 Å². The quantitative estimate of drug-likeness (QED) is 0.304. The standard InChI is InChI=1S/C5H9NO4.C4H9NO3/c6-3(5(9)10)1-2-4(7)8;5-3(1-2-6)4(7)8/h3H,1-2,6H2,(H,7,8)(H,9,10);3,6H,1-2,5H2,(H,7,8). The Morgan fingerprint density at radius 3 is 1.50 bits per heavy atom. The van der Waals surface area contributed by atoms with Crippen LogP contribution >= 0.6 is 0 Å². The largest absolute Gasteiger partial charge is 0.481 e. The van der Waals surface area contributed by atoms with Gasteiger partial charge in [0.2, 0.25) is 0 Å². The van der Waals surface area contributed by atoms with Gasteiger partial charge in [0.05, 0.1) is 0 Å². The van der Waals surface area contributed by atoms with Crippen LogP contribution in [0.3, 0.4) is 0 Å². The molecule has 2 unspecified atom stereocenters. The van der Waals surface area contributed by atoms with Crippen molar-refractivity contribution in [2.24, 2.45) is 11.5 Å². The first-order valence-electron chi connectivity index (χ1n) is 5.01. The van der Waals surface area contributed by atoms with Crippen molar-refractivity contribution in [1.29, 1.82) is 0 Å². The van der Waals surface area contributed by atoms with Crippen LogP contribution in [0.4, 0.5) is 0 Å². The van der Waals surface area contributed by atoms with E-state index < -0.39 is 30.0 Å². The molecule has 0 radical (unpaired) electrons. The molecule has 0 saturated heterocycles. The van der Waals surface area contributed by atoms with Crippen molar-refractivity contribution in [2.45, 2.75) is 31.3 Å². The molecular formula is C9H18N2O7. The molecule has 0 saturated carbocycles. The fraction of sp³-hybridized carbons (Fsp3) is 0.667. The molecule has 0 aliphatic rings. The Hall–Kier alpha value is -1.71. The summed E-state index contributed by atoms with van der Waals surface area (Å²) in [4.78, 5) is 29.7. The number of carboxylic acid groups (broad SMARTS) is 3. The fourth-order valence-corrected chi connectivity index (χ4v) is 0.665. The Bertz CT molecular complexity index is 282. The van der Waals surface area contributed by atoms with Crippen molar-refractivity contribution in [3.05, 3.63) is 0 Å². The molecule has 0 aliphatic heterocycles. The summed E-state index contributed by atoms with van der Waals surface area (Å²) < 4.78 is 0. The van der Waals surface area contributed by atoms with Crippen molar-refractivity contribution < 1.29 is 34.8 Å². The second-order valence-corrected chi connectivity index (χ2v) is 3.33. The van der Waals surface area contributed by atoms with Crippen LogP contribution in [-0.4, -0.2) is 57.0 Å². The third kappa shape index (κ3) is 12.4. The first-order valence-corrected chi connectivity index (χ1v) is 5.01. The lowest BCUT2D eigenvalue weighted by atomic mass is 10.2. The molecule has 9 nitrogen and oxygen atoms in total. The molecule has 0 spiro atoms. The average Bonchev–Trinajstić information content (AvgIpc) is 2.26. The molecule has 0 heterocycles. The van der Waals surface area contributed by atoms with Crippen molar-refractivity contribution in [2.75, 3.05) is 6.61 Å². The molecule has 0 amide bonds. The molecule has 9 heteroatoms. The van der Waals surface area contributed by atoms with E-state index in [1.165, 1.54) is 0 Å². The summed E-state index contributed by atoms with van der Waals surface area (Å²) in [6.45, 7) is -0.173. The highest BCUT2D eigenvalue weighted by Crippen LogP contribution is 1.93. The molecule has 0 aromatic carbocycles. The summed E-state index contributed by atoms with van der Waals surface area (Å²) in [5.74, 6) is -3.27. The van der Waals surface area contributed by atoms with Gasteiger partial charge in [-0.3, -0.25) is 14.4 Å². The highest BCUT2D eigenvalue weighted by Gasteiger charge is 2.12. The van der Waals surface area contributed by atoms with Crippen LogP contribution in [0.1, 0.15) is 19.3 Å². The fourth-order valence-electron chi connectivity index (χ4n) is 0.665. The highest BCUT2D eigenvalue weighted by atomic mass is 16.4. The van der Waals surface area contributed by atoms with Crippen LogP contribution in [0.15, 0.2) is 0 Å². The molecule has 0 fully saturated rings. The zero-order valence-electron chi connectivity index (χ0n) is 9.65. The molecule has 8 N–H and O–H groups in total. The number of aliphatic hydroxyl groups is 1. The van der Waals surface area contributed by atoms with E-state index in [-0.39, 0.29) is 25.9 Å². The van der Waals surface area contributed by atoms with Crippen LogP contribution in [0.5, 0.6) is 0 Å². The van der Waals surface area contributed by atoms with E-state index in [1.54, 1.807) is 0 Å². The lowest BCUT2D eigenvalue weighted by Crippen LogP contribution is -2.30. The molecule has 106 valence electrons.